The van der Waals surface area contributed by atoms with Gasteiger partial charge in [-0.3, -0.25) is 9.59 Å². The molecule has 14 heavy (non-hydrogen) atoms. The second kappa shape index (κ2) is 5.94. The van der Waals surface area contributed by atoms with E-state index in [1.807, 2.05) is 27.7 Å². The van der Waals surface area contributed by atoms with Crippen LogP contribution in [0.25, 0.3) is 0 Å². The highest BCUT2D eigenvalue weighted by atomic mass is 16.1. The van der Waals surface area contributed by atoms with Crippen molar-refractivity contribution in [3.05, 3.63) is 0 Å². The molecule has 0 heterocycles. The third-order valence-electron chi connectivity index (χ3n) is 2.91. The summed E-state index contributed by atoms with van der Waals surface area (Å²) in [5.74, 6) is 0.630. The summed E-state index contributed by atoms with van der Waals surface area (Å²) in [4.78, 5) is 22.9. The van der Waals surface area contributed by atoms with Crippen LogP contribution in [0, 0.1) is 17.8 Å². The molecule has 0 radical (unpaired) electrons. The second-order valence-corrected chi connectivity index (χ2v) is 4.44. The van der Waals surface area contributed by atoms with Crippen LogP contribution in [0.5, 0.6) is 0 Å². The van der Waals surface area contributed by atoms with E-state index in [0.29, 0.717) is 6.42 Å². The van der Waals surface area contributed by atoms with Crippen LogP contribution in [-0.2, 0) is 9.59 Å². The predicted molar refractivity (Wildman–Crippen MR) is 58.1 cm³/mol. The van der Waals surface area contributed by atoms with Crippen LogP contribution in [0.15, 0.2) is 0 Å². The lowest BCUT2D eigenvalue weighted by atomic mass is 9.84. The summed E-state index contributed by atoms with van der Waals surface area (Å²) in [5, 5.41) is 0. The minimum Gasteiger partial charge on any atom is -0.300 e. The van der Waals surface area contributed by atoms with Gasteiger partial charge in [-0.1, -0.05) is 27.7 Å². The van der Waals surface area contributed by atoms with E-state index in [9.17, 15) is 9.59 Å². The summed E-state index contributed by atoms with van der Waals surface area (Å²) in [6, 6.07) is 0. The van der Waals surface area contributed by atoms with Gasteiger partial charge in [0.1, 0.15) is 11.6 Å². The molecular formula is C12H22O2. The lowest BCUT2D eigenvalue weighted by Crippen LogP contribution is -2.24. The first-order valence-corrected chi connectivity index (χ1v) is 5.43. The Hall–Kier alpha value is -0.660. The lowest BCUT2D eigenvalue weighted by molar-refractivity contribution is -0.129. The number of hydrogen-bond donors (Lipinski definition) is 0. The van der Waals surface area contributed by atoms with E-state index in [-0.39, 0.29) is 29.3 Å². The molecule has 0 aliphatic carbocycles. The van der Waals surface area contributed by atoms with Crippen molar-refractivity contribution >= 4 is 11.6 Å². The smallest absolute Gasteiger partial charge is 0.136 e. The summed E-state index contributed by atoms with van der Waals surface area (Å²) in [7, 11) is 0. The highest BCUT2D eigenvalue weighted by Crippen LogP contribution is 2.19. The molecule has 0 N–H and O–H groups in total. The molecule has 0 aliphatic heterocycles. The minimum atomic E-state index is -0.0866. The van der Waals surface area contributed by atoms with Crippen molar-refractivity contribution in [2.45, 2.75) is 47.5 Å². The molecule has 2 nitrogen and oxygen atoms in total. The molecule has 82 valence electrons. The maximum Gasteiger partial charge on any atom is 0.136 e. The van der Waals surface area contributed by atoms with Crippen LogP contribution in [-0.4, -0.2) is 11.6 Å². The van der Waals surface area contributed by atoms with Gasteiger partial charge in [0.15, 0.2) is 0 Å². The number of Topliss-reactive ketones (excluding diaryl/α,β-unsaturated/α-hetero) is 2. The molecule has 0 rings (SSSR count). The Morgan fingerprint density at radius 3 is 1.93 bits per heavy atom. The third kappa shape index (κ3) is 4.03. The van der Waals surface area contributed by atoms with E-state index in [1.54, 1.807) is 6.92 Å². The predicted octanol–water partition coefficient (Wildman–Crippen LogP) is 2.85. The van der Waals surface area contributed by atoms with Gasteiger partial charge < -0.3 is 0 Å². The van der Waals surface area contributed by atoms with Gasteiger partial charge in [0.25, 0.3) is 0 Å². The van der Waals surface area contributed by atoms with Gasteiger partial charge in [0, 0.05) is 18.3 Å². The molecule has 0 aromatic heterocycles. The Kier molecular flexibility index (Phi) is 5.66. The molecule has 2 unspecified atom stereocenters. The Balaban J connectivity index is 4.31. The van der Waals surface area contributed by atoms with Crippen molar-refractivity contribution in [1.29, 1.82) is 0 Å². The number of carbonyl (C=O) groups is 2. The Bertz CT molecular complexity index is 206. The lowest BCUT2D eigenvalue weighted by Gasteiger charge is -2.18. The van der Waals surface area contributed by atoms with Crippen LogP contribution in [0.1, 0.15) is 47.5 Å². The Morgan fingerprint density at radius 2 is 1.64 bits per heavy atom. The molecule has 2 atom stereocenters. The molecule has 2 heteroatoms. The van der Waals surface area contributed by atoms with Gasteiger partial charge >= 0.3 is 0 Å². The van der Waals surface area contributed by atoms with E-state index in [1.165, 1.54) is 0 Å². The topological polar surface area (TPSA) is 34.1 Å². The number of carbonyl (C=O) groups excluding carboxylic acids is 2. The van der Waals surface area contributed by atoms with Gasteiger partial charge in [-0.15, -0.1) is 0 Å². The molecule has 0 fully saturated rings. The van der Waals surface area contributed by atoms with Crippen molar-refractivity contribution in [3.8, 4) is 0 Å². The first-order chi connectivity index (χ1) is 6.40. The first kappa shape index (κ1) is 13.3. The number of hydrogen-bond acceptors (Lipinski definition) is 2. The SMILES string of the molecule is CCC(C)C(=O)CC(C(C)=O)C(C)C. The summed E-state index contributed by atoms with van der Waals surface area (Å²) in [5.41, 5.74) is 0. The first-order valence-electron chi connectivity index (χ1n) is 5.43. The van der Waals surface area contributed by atoms with Gasteiger partial charge in [-0.25, -0.2) is 0 Å². The van der Waals surface area contributed by atoms with Gasteiger partial charge in [0.05, 0.1) is 0 Å². The number of ketones is 2. The monoisotopic (exact) mass is 198 g/mol. The maximum absolute atomic E-state index is 11.6. The van der Waals surface area contributed by atoms with Crippen molar-refractivity contribution in [1.82, 2.24) is 0 Å². The van der Waals surface area contributed by atoms with Gasteiger partial charge in [0.2, 0.25) is 0 Å². The molecule has 0 bridgehead atoms. The van der Waals surface area contributed by atoms with Crippen LogP contribution in [0.4, 0.5) is 0 Å². The van der Waals surface area contributed by atoms with E-state index in [4.69, 9.17) is 0 Å². The molecule has 0 saturated heterocycles. The molecule has 0 aliphatic rings. The Morgan fingerprint density at radius 1 is 1.14 bits per heavy atom. The average molecular weight is 198 g/mol. The maximum atomic E-state index is 11.6. The molecule has 0 aromatic carbocycles. The summed E-state index contributed by atoms with van der Waals surface area (Å²) in [6.45, 7) is 9.50. The fraction of sp³-hybridized carbons (Fsp3) is 0.833. The Labute approximate surface area is 87.1 Å². The zero-order chi connectivity index (χ0) is 11.3. The standard InChI is InChI=1S/C12H22O2/c1-6-9(4)12(14)7-11(8(2)3)10(5)13/h8-9,11H,6-7H2,1-5H3. The van der Waals surface area contributed by atoms with E-state index in [2.05, 4.69) is 0 Å². The normalized spacial score (nSPS) is 15.3. The van der Waals surface area contributed by atoms with Crippen molar-refractivity contribution in [3.63, 3.8) is 0 Å². The minimum absolute atomic E-state index is 0.0866. The van der Waals surface area contributed by atoms with E-state index >= 15 is 0 Å². The largest absolute Gasteiger partial charge is 0.300 e. The van der Waals surface area contributed by atoms with Crippen LogP contribution < -0.4 is 0 Å². The van der Waals surface area contributed by atoms with Crippen LogP contribution in [0.3, 0.4) is 0 Å². The average Bonchev–Trinajstić information content (AvgIpc) is 2.11. The third-order valence-corrected chi connectivity index (χ3v) is 2.91. The summed E-state index contributed by atoms with van der Waals surface area (Å²) >= 11 is 0. The zero-order valence-corrected chi connectivity index (χ0v) is 9.96. The second-order valence-electron chi connectivity index (χ2n) is 4.44. The van der Waals surface area contributed by atoms with Crippen molar-refractivity contribution in [2.75, 3.05) is 0 Å². The molecule has 0 spiro atoms. The number of rotatable bonds is 6. The van der Waals surface area contributed by atoms with Crippen LogP contribution >= 0.6 is 0 Å². The molecular weight excluding hydrogens is 176 g/mol. The van der Waals surface area contributed by atoms with Crippen LogP contribution in [0.2, 0.25) is 0 Å². The van der Waals surface area contributed by atoms with Crippen molar-refractivity contribution in [2.24, 2.45) is 17.8 Å². The quantitative estimate of drug-likeness (QED) is 0.657. The molecule has 0 aromatic rings. The highest BCUT2D eigenvalue weighted by Gasteiger charge is 2.23. The fourth-order valence-corrected chi connectivity index (χ4v) is 1.49. The van der Waals surface area contributed by atoms with E-state index < -0.39 is 0 Å². The molecule has 0 saturated carbocycles. The zero-order valence-electron chi connectivity index (χ0n) is 9.96. The summed E-state index contributed by atoms with van der Waals surface area (Å²) < 4.78 is 0. The molecule has 0 amide bonds. The van der Waals surface area contributed by atoms with Crippen molar-refractivity contribution < 1.29 is 9.59 Å². The highest BCUT2D eigenvalue weighted by molar-refractivity contribution is 5.87. The fourth-order valence-electron chi connectivity index (χ4n) is 1.49. The van der Waals surface area contributed by atoms with E-state index in [0.717, 1.165) is 6.42 Å². The summed E-state index contributed by atoms with van der Waals surface area (Å²) in [6.07, 6.45) is 1.28. The van der Waals surface area contributed by atoms with Gasteiger partial charge in [-0.05, 0) is 19.3 Å². The van der Waals surface area contributed by atoms with Gasteiger partial charge in [-0.2, -0.15) is 0 Å².